The van der Waals surface area contributed by atoms with Crippen LogP contribution in [0.15, 0.2) is 71.6 Å². The van der Waals surface area contributed by atoms with Crippen LogP contribution in [0, 0.1) is 0 Å². The van der Waals surface area contributed by atoms with E-state index in [-0.39, 0.29) is 18.1 Å². The van der Waals surface area contributed by atoms with E-state index in [1.807, 2.05) is 0 Å². The van der Waals surface area contributed by atoms with Gasteiger partial charge in [0.2, 0.25) is 12.6 Å². The van der Waals surface area contributed by atoms with Crippen molar-refractivity contribution in [3.8, 4) is 11.5 Å². The minimum absolute atomic E-state index is 0.0429. The van der Waals surface area contributed by atoms with Crippen LogP contribution in [0.3, 0.4) is 0 Å². The topological polar surface area (TPSA) is 89.0 Å². The van der Waals surface area contributed by atoms with Crippen molar-refractivity contribution >= 4 is 28.7 Å². The summed E-state index contributed by atoms with van der Waals surface area (Å²) >= 11 is 1.26. The van der Waals surface area contributed by atoms with Gasteiger partial charge in [0.25, 0.3) is 5.91 Å². The number of ketones is 1. The van der Waals surface area contributed by atoms with Crippen LogP contribution in [0.1, 0.15) is 21.3 Å². The zero-order chi connectivity index (χ0) is 20.0. The number of hydrogen-bond donors (Lipinski definition) is 1. The van der Waals surface area contributed by atoms with Gasteiger partial charge in [0, 0.05) is 24.1 Å². The molecular formula is C21H14N2O5S. The number of aliphatic hydroxyl groups is 1. The lowest BCUT2D eigenvalue weighted by molar-refractivity contribution is -0.117. The van der Waals surface area contributed by atoms with E-state index in [2.05, 4.69) is 4.98 Å². The summed E-state index contributed by atoms with van der Waals surface area (Å²) in [6.07, 6.45) is 3.17. The molecular weight excluding hydrogens is 392 g/mol. The molecule has 0 fully saturated rings. The van der Waals surface area contributed by atoms with Gasteiger partial charge in [-0.05, 0) is 41.3 Å². The van der Waals surface area contributed by atoms with Gasteiger partial charge in [0.15, 0.2) is 17.3 Å². The van der Waals surface area contributed by atoms with Crippen LogP contribution < -0.4 is 14.4 Å². The number of nitrogens with zero attached hydrogens (tertiary/aromatic N) is 2. The zero-order valence-electron chi connectivity index (χ0n) is 14.9. The molecule has 3 aromatic rings. The average Bonchev–Trinajstić information content (AvgIpc) is 3.48. The Bertz CT molecular complexity index is 1140. The number of hydrogen-bond acceptors (Lipinski definition) is 7. The van der Waals surface area contributed by atoms with E-state index >= 15 is 0 Å². The van der Waals surface area contributed by atoms with Gasteiger partial charge in [0.1, 0.15) is 0 Å². The van der Waals surface area contributed by atoms with E-state index in [0.29, 0.717) is 27.6 Å². The highest BCUT2D eigenvalue weighted by Gasteiger charge is 2.45. The molecule has 1 aromatic carbocycles. The zero-order valence-corrected chi connectivity index (χ0v) is 15.8. The third kappa shape index (κ3) is 2.76. The van der Waals surface area contributed by atoms with Gasteiger partial charge < -0.3 is 14.6 Å². The second kappa shape index (κ2) is 6.75. The largest absolute Gasteiger partial charge is 0.503 e. The molecule has 8 heteroatoms. The summed E-state index contributed by atoms with van der Waals surface area (Å²) in [5, 5.41) is 12.5. The number of anilines is 1. The second-order valence-electron chi connectivity index (χ2n) is 6.46. The van der Waals surface area contributed by atoms with Crippen molar-refractivity contribution in [1.29, 1.82) is 0 Å². The average molecular weight is 406 g/mol. The highest BCUT2D eigenvalue weighted by atomic mass is 32.1. The molecule has 0 bridgehead atoms. The Kier molecular flexibility index (Phi) is 4.06. The van der Waals surface area contributed by atoms with Crippen LogP contribution in [0.2, 0.25) is 0 Å². The van der Waals surface area contributed by atoms with Gasteiger partial charge >= 0.3 is 0 Å². The number of carbonyl (C=O) groups is 2. The Labute approximate surface area is 169 Å². The molecule has 4 heterocycles. The van der Waals surface area contributed by atoms with Crippen LogP contribution in [0.4, 0.5) is 5.69 Å². The van der Waals surface area contributed by atoms with Crippen molar-refractivity contribution < 1.29 is 24.2 Å². The summed E-state index contributed by atoms with van der Waals surface area (Å²) in [5.74, 6) is -0.501. The van der Waals surface area contributed by atoms with E-state index < -0.39 is 17.7 Å². The van der Waals surface area contributed by atoms with E-state index in [9.17, 15) is 14.7 Å². The van der Waals surface area contributed by atoms with E-state index in [4.69, 9.17) is 9.47 Å². The highest BCUT2D eigenvalue weighted by Crippen LogP contribution is 2.44. The predicted molar refractivity (Wildman–Crippen MR) is 105 cm³/mol. The number of thiophene rings is 1. The molecule has 2 aliphatic heterocycles. The number of aliphatic hydroxyl groups excluding tert-OH is 1. The molecule has 7 nitrogen and oxygen atoms in total. The Hall–Kier alpha value is -3.65. The summed E-state index contributed by atoms with van der Waals surface area (Å²) in [4.78, 5) is 32.1. The van der Waals surface area contributed by atoms with Crippen LogP contribution in [0.25, 0.3) is 0 Å². The first-order valence-electron chi connectivity index (χ1n) is 8.79. The fourth-order valence-electron chi connectivity index (χ4n) is 3.54. The third-order valence-corrected chi connectivity index (χ3v) is 5.72. The summed E-state index contributed by atoms with van der Waals surface area (Å²) in [7, 11) is 0. The van der Waals surface area contributed by atoms with Crippen LogP contribution in [-0.2, 0) is 4.79 Å². The van der Waals surface area contributed by atoms with Crippen molar-refractivity contribution in [3.63, 3.8) is 0 Å². The fourth-order valence-corrected chi connectivity index (χ4v) is 4.22. The fraction of sp³-hybridized carbons (Fsp3) is 0.0952. The van der Waals surface area contributed by atoms with Gasteiger partial charge in [-0.15, -0.1) is 11.3 Å². The Morgan fingerprint density at radius 1 is 1.14 bits per heavy atom. The van der Waals surface area contributed by atoms with Gasteiger partial charge in [-0.1, -0.05) is 6.07 Å². The minimum atomic E-state index is -0.791. The molecule has 144 valence electrons. The van der Waals surface area contributed by atoms with Crippen molar-refractivity contribution in [2.24, 2.45) is 0 Å². The van der Waals surface area contributed by atoms with Gasteiger partial charge in [-0.2, -0.15) is 0 Å². The number of carbonyl (C=O) groups excluding carboxylic acids is 2. The van der Waals surface area contributed by atoms with Gasteiger partial charge in [0.05, 0.1) is 16.5 Å². The van der Waals surface area contributed by atoms with Gasteiger partial charge in [-0.3, -0.25) is 19.5 Å². The lowest BCUT2D eigenvalue weighted by Crippen LogP contribution is -2.31. The Morgan fingerprint density at radius 2 is 1.93 bits per heavy atom. The van der Waals surface area contributed by atoms with E-state index in [0.717, 1.165) is 0 Å². The molecule has 0 radical (unpaired) electrons. The molecule has 2 aliphatic rings. The standard InChI is InChI=1S/C21H14N2O5S/c24-19(16-2-1-9-29-16)17-18(12-5-7-22-8-6-12)23(21(26)20(17)25)13-3-4-14-15(10-13)28-11-27-14/h1-10,18,25H,11H2. The summed E-state index contributed by atoms with van der Waals surface area (Å²) in [6.45, 7) is 0.103. The van der Waals surface area contributed by atoms with Crippen LogP contribution in [-0.4, -0.2) is 28.6 Å². The third-order valence-electron chi connectivity index (χ3n) is 4.85. The first-order chi connectivity index (χ1) is 14.1. The smallest absolute Gasteiger partial charge is 0.294 e. The Morgan fingerprint density at radius 3 is 2.69 bits per heavy atom. The van der Waals surface area contributed by atoms with E-state index in [1.165, 1.54) is 16.2 Å². The van der Waals surface area contributed by atoms with Crippen molar-refractivity contribution in [1.82, 2.24) is 4.98 Å². The molecule has 0 saturated heterocycles. The maximum absolute atomic E-state index is 13.2. The van der Waals surface area contributed by atoms with Crippen LogP contribution in [0.5, 0.6) is 11.5 Å². The summed E-state index contributed by atoms with van der Waals surface area (Å²) in [6, 6.07) is 11.1. The first-order valence-corrected chi connectivity index (χ1v) is 9.67. The maximum Gasteiger partial charge on any atom is 0.294 e. The number of pyridine rings is 1. The molecule has 0 aliphatic carbocycles. The van der Waals surface area contributed by atoms with Crippen LogP contribution >= 0.6 is 11.3 Å². The molecule has 0 saturated carbocycles. The number of fused-ring (bicyclic) bond motifs is 1. The van der Waals surface area contributed by atoms with Gasteiger partial charge in [-0.25, -0.2) is 0 Å². The molecule has 0 spiro atoms. The highest BCUT2D eigenvalue weighted by molar-refractivity contribution is 7.12. The van der Waals surface area contributed by atoms with Crippen molar-refractivity contribution in [2.75, 3.05) is 11.7 Å². The quantitative estimate of drug-likeness (QED) is 0.666. The molecule has 1 N–H and O–H groups in total. The minimum Gasteiger partial charge on any atom is -0.503 e. The molecule has 1 atom stereocenters. The number of benzene rings is 1. The SMILES string of the molecule is O=C(C1=C(O)C(=O)N(c2ccc3c(c2)OCO3)C1c1ccncc1)c1cccs1. The molecule has 1 unspecified atom stereocenters. The molecule has 2 aromatic heterocycles. The lowest BCUT2D eigenvalue weighted by Gasteiger charge is -2.26. The summed E-state index contributed by atoms with van der Waals surface area (Å²) in [5.41, 5.74) is 1.19. The number of amides is 1. The second-order valence-corrected chi connectivity index (χ2v) is 7.41. The predicted octanol–water partition coefficient (Wildman–Crippen LogP) is 3.65. The monoisotopic (exact) mass is 406 g/mol. The van der Waals surface area contributed by atoms with E-state index in [1.54, 1.807) is 60.2 Å². The van der Waals surface area contributed by atoms with Crippen molar-refractivity contribution in [3.05, 3.63) is 82.0 Å². The lowest BCUT2D eigenvalue weighted by atomic mass is 9.96. The normalized spacial score (nSPS) is 17.9. The number of ether oxygens (including phenoxy) is 2. The molecule has 29 heavy (non-hydrogen) atoms. The number of rotatable bonds is 4. The first kappa shape index (κ1) is 17.4. The molecule has 5 rings (SSSR count). The summed E-state index contributed by atoms with van der Waals surface area (Å²) < 4.78 is 10.8. The van der Waals surface area contributed by atoms with Crippen molar-refractivity contribution in [2.45, 2.75) is 6.04 Å². The molecule has 1 amide bonds. The number of Topliss-reactive ketones (excluding diaryl/α,β-unsaturated/α-hetero) is 1. The Balaban J connectivity index is 1.65. The number of aromatic nitrogens is 1. The maximum atomic E-state index is 13.2.